The maximum absolute atomic E-state index is 12.5. The van der Waals surface area contributed by atoms with E-state index < -0.39 is 90.3 Å². The third kappa shape index (κ3) is 7.39. The molecule has 0 aromatic carbocycles. The molecule has 0 amide bonds. The van der Waals surface area contributed by atoms with Crippen LogP contribution in [0.2, 0.25) is 0 Å². The highest BCUT2D eigenvalue weighted by atomic mass is 32.3. The van der Waals surface area contributed by atoms with Gasteiger partial charge in [-0.2, -0.15) is 0 Å². The first-order chi connectivity index (χ1) is 34.7. The monoisotopic (exact) mass is 1090 g/mol. The van der Waals surface area contributed by atoms with Crippen molar-refractivity contribution in [3.05, 3.63) is 33.9 Å². The van der Waals surface area contributed by atoms with E-state index in [1.165, 1.54) is 27.9 Å². The molecule has 0 aromatic heterocycles. The van der Waals surface area contributed by atoms with Crippen molar-refractivity contribution in [2.45, 2.75) is 220 Å². The Morgan fingerprint density at radius 1 is 0.707 bits per heavy atom. The van der Waals surface area contributed by atoms with Gasteiger partial charge in [-0.3, -0.25) is 8.37 Å². The molecule has 15 nitrogen and oxygen atoms in total. The van der Waals surface area contributed by atoms with Crippen molar-refractivity contribution in [2.24, 2.45) is 91.2 Å². The number of ether oxygens (including phenoxy) is 3. The lowest BCUT2D eigenvalue weighted by atomic mass is 9.42. The lowest BCUT2D eigenvalue weighted by molar-refractivity contribution is -0.408. The molecule has 5 saturated heterocycles. The predicted octanol–water partition coefficient (Wildman–Crippen LogP) is 8.14. The van der Waals surface area contributed by atoms with Crippen LogP contribution in [0.25, 0.3) is 0 Å². The Morgan fingerprint density at radius 2 is 1.17 bits per heavy atom. The van der Waals surface area contributed by atoms with Gasteiger partial charge in [0.2, 0.25) is 20.8 Å². The Kier molecular flexibility index (Phi) is 12.2. The lowest BCUT2D eigenvalue weighted by Gasteiger charge is -2.70. The fourth-order valence-electron chi connectivity index (χ4n) is 22.4. The normalized spacial score (nSPS) is 52.0. The SMILES string of the molecule is CC1=C[C@]2(C)C[C@H]1C[C@H]([C@@H](C)[C@H]1CC[C@H]3C4=C(CC[C@]13C)[C@@]13CO[C@@](O)([C@@H](O)C1)C(C)(C)[C@@H]3[C@@H](OS(=O)(=O)[O-])C4)O[C@H]2CC[C@@H](C)[C@H]1CC[C@H]2C3=C(CC[C@]12C)[C@@]12CO[C@@](O)([C@@H](O)C1)C(C)(C)[C@@H]2[C@@H](OS(=O)(=O)[O-])C3. The van der Waals surface area contributed by atoms with Gasteiger partial charge in [-0.05, 0) is 162 Å². The van der Waals surface area contributed by atoms with Gasteiger partial charge in [-0.15, -0.1) is 0 Å². The van der Waals surface area contributed by atoms with Crippen LogP contribution >= 0.6 is 0 Å². The summed E-state index contributed by atoms with van der Waals surface area (Å²) >= 11 is 0. The predicted molar refractivity (Wildman–Crippen MR) is 273 cm³/mol. The third-order valence-electron chi connectivity index (χ3n) is 25.5. The van der Waals surface area contributed by atoms with Crippen molar-refractivity contribution in [2.75, 3.05) is 13.2 Å². The Bertz CT molecular complexity index is 2720. The molecule has 9 fully saturated rings. The number of aliphatic hydroxyl groups excluding tert-OH is 2. The Morgan fingerprint density at radius 3 is 1.64 bits per heavy atom. The van der Waals surface area contributed by atoms with Crippen LogP contribution < -0.4 is 0 Å². The number of rotatable bonds is 10. The van der Waals surface area contributed by atoms with Crippen molar-refractivity contribution >= 4 is 20.8 Å². The lowest BCUT2D eigenvalue weighted by Crippen LogP contribution is -2.76. The largest absolute Gasteiger partial charge is 0.726 e. The average molecular weight is 1090 g/mol. The zero-order valence-electron chi connectivity index (χ0n) is 46.1. The standard InChI is InChI=1S/C58H88O15S2/c1-30(36-12-14-38-34-22-43(72-74(63,64)65)48-50(4,5)57(61)45(59)26-55(48,28-69-57)40(34)17-19-53(36,38)9)11-16-47-52(8)24-31(2)33(25-52)21-42(71-47)32(3)37-13-15-39-35-23-44(73-75(66,67)68)49-51(6,7)58(62)46(60)27-56(49,29-70-58)41(35)18-20-54(37,39)10/h24,30,32-33,36-39,42-49,59-62H,11-23,25-29H2,1-10H3,(H,63,64,65)(H,66,67,68)/p-2/t30-,32+,33-,36-,37-,38+,39+,42-,43+,44+,45+,46+,47+,48+,49+,52-,53-,54-,55+,56+,57+,58+/m1/s1. The highest BCUT2D eigenvalue weighted by Crippen LogP contribution is 2.74. The molecular formula is C58H86O15S2-2. The molecule has 0 aromatic rings. The smallest absolute Gasteiger partial charge is 0.217 e. The van der Waals surface area contributed by atoms with Gasteiger partial charge in [0.15, 0.2) is 11.6 Å². The second kappa shape index (κ2) is 16.9. The maximum atomic E-state index is 12.5. The Labute approximate surface area is 446 Å². The van der Waals surface area contributed by atoms with E-state index in [4.69, 9.17) is 22.6 Å². The van der Waals surface area contributed by atoms with Crippen molar-refractivity contribution in [1.29, 1.82) is 0 Å². The van der Waals surface area contributed by atoms with Gasteiger partial charge in [0.25, 0.3) is 0 Å². The fourth-order valence-corrected chi connectivity index (χ4v) is 23.4. The topological polar surface area (TPSA) is 241 Å². The maximum Gasteiger partial charge on any atom is 0.217 e. The number of hydrogen-bond acceptors (Lipinski definition) is 15. The van der Waals surface area contributed by atoms with Gasteiger partial charge in [0.05, 0.1) is 37.6 Å². The zero-order valence-corrected chi connectivity index (χ0v) is 47.7. The molecule has 17 heteroatoms. The quantitative estimate of drug-likeness (QED) is 0.0917. The van der Waals surface area contributed by atoms with Crippen molar-refractivity contribution in [1.82, 2.24) is 0 Å². The minimum atomic E-state index is -5.09. The molecule has 422 valence electrons. The molecule has 5 heterocycles. The molecule has 75 heavy (non-hydrogen) atoms. The molecule has 2 spiro atoms. The highest BCUT2D eigenvalue weighted by Gasteiger charge is 2.76. The molecule has 9 aliphatic carbocycles. The second-order valence-electron chi connectivity index (χ2n) is 29.2. The van der Waals surface area contributed by atoms with Gasteiger partial charge in [-0.25, -0.2) is 16.8 Å². The molecule has 22 atom stereocenters. The van der Waals surface area contributed by atoms with Crippen LogP contribution in [-0.4, -0.2) is 108 Å². The van der Waals surface area contributed by atoms with E-state index in [9.17, 15) is 46.4 Å². The average Bonchev–Trinajstić information content (AvgIpc) is 4.01. The van der Waals surface area contributed by atoms with E-state index >= 15 is 0 Å². The van der Waals surface area contributed by atoms with Crippen LogP contribution in [0.4, 0.5) is 0 Å². The van der Waals surface area contributed by atoms with Crippen LogP contribution in [0.1, 0.15) is 172 Å². The number of aliphatic hydroxyl groups is 4. The molecular weight excluding hydrogens is 1000 g/mol. The van der Waals surface area contributed by atoms with Gasteiger partial charge in [0.1, 0.15) is 12.2 Å². The summed E-state index contributed by atoms with van der Waals surface area (Å²) in [7, 11) is -10.2. The molecule has 5 aliphatic heterocycles. The Balaban J connectivity index is 0.784. The third-order valence-corrected chi connectivity index (χ3v) is 26.5. The molecule has 14 aliphatic rings. The minimum Gasteiger partial charge on any atom is -0.726 e. The summed E-state index contributed by atoms with van der Waals surface area (Å²) in [5.74, 6) is -2.77. The summed E-state index contributed by atoms with van der Waals surface area (Å²) in [5.41, 5.74) is 2.25. The van der Waals surface area contributed by atoms with E-state index in [0.29, 0.717) is 36.5 Å². The van der Waals surface area contributed by atoms with E-state index in [2.05, 4.69) is 47.6 Å². The molecule has 6 bridgehead atoms. The number of fused-ring (bicyclic) bond motifs is 10. The minimum absolute atomic E-state index is 0.0194. The fraction of sp³-hybridized carbons (Fsp3) is 0.897. The second-order valence-corrected chi connectivity index (χ2v) is 31.2. The van der Waals surface area contributed by atoms with E-state index in [-0.39, 0.29) is 72.3 Å². The zero-order chi connectivity index (χ0) is 54.0. The van der Waals surface area contributed by atoms with Crippen LogP contribution in [0, 0.1) is 91.2 Å². The molecule has 0 unspecified atom stereocenters. The summed E-state index contributed by atoms with van der Waals surface area (Å²) in [6.45, 7) is 21.9. The first-order valence-electron chi connectivity index (χ1n) is 28.9. The van der Waals surface area contributed by atoms with E-state index in [1.807, 2.05) is 0 Å². The summed E-state index contributed by atoms with van der Waals surface area (Å²) in [6, 6.07) is 0. The van der Waals surface area contributed by atoms with Gasteiger partial charge in [-0.1, -0.05) is 96.3 Å². The van der Waals surface area contributed by atoms with Crippen LogP contribution in [0.15, 0.2) is 33.9 Å². The first kappa shape index (κ1) is 54.3. The van der Waals surface area contributed by atoms with Crippen LogP contribution in [-0.2, 0) is 43.4 Å². The van der Waals surface area contributed by atoms with E-state index in [0.717, 1.165) is 77.0 Å². The summed E-state index contributed by atoms with van der Waals surface area (Å²) < 4.78 is 106. The Hall–Kier alpha value is -1.32. The van der Waals surface area contributed by atoms with Crippen molar-refractivity contribution < 1.29 is 68.9 Å². The molecule has 4 saturated carbocycles. The number of hydrogen-bond donors (Lipinski definition) is 4. The van der Waals surface area contributed by atoms with Crippen LogP contribution in [0.5, 0.6) is 0 Å². The van der Waals surface area contributed by atoms with Crippen molar-refractivity contribution in [3.8, 4) is 0 Å². The molecule has 0 radical (unpaired) electrons. The molecule has 4 N–H and O–H groups in total. The summed E-state index contributed by atoms with van der Waals surface area (Å²) in [4.78, 5) is 0. The van der Waals surface area contributed by atoms with Gasteiger partial charge >= 0.3 is 0 Å². The van der Waals surface area contributed by atoms with Crippen molar-refractivity contribution in [3.63, 3.8) is 0 Å². The highest BCUT2D eigenvalue weighted by molar-refractivity contribution is 7.81. The van der Waals surface area contributed by atoms with Gasteiger partial charge < -0.3 is 43.7 Å². The summed E-state index contributed by atoms with van der Waals surface area (Å²) in [5, 5.41) is 46.5. The molecule has 14 rings (SSSR count). The first-order valence-corrected chi connectivity index (χ1v) is 31.5. The van der Waals surface area contributed by atoms with Gasteiger partial charge in [0, 0.05) is 38.9 Å². The van der Waals surface area contributed by atoms with E-state index in [1.54, 1.807) is 27.7 Å². The number of allylic oxidation sites excluding steroid dienone is 1. The van der Waals surface area contributed by atoms with Crippen LogP contribution in [0.3, 0.4) is 0 Å². The summed E-state index contributed by atoms with van der Waals surface area (Å²) in [6.07, 6.45) is 10.6.